The van der Waals surface area contributed by atoms with E-state index in [4.69, 9.17) is 0 Å². The fourth-order valence-corrected chi connectivity index (χ4v) is 4.25. The first kappa shape index (κ1) is 16.3. The maximum Gasteiger partial charge on any atom is 0.291 e. The summed E-state index contributed by atoms with van der Waals surface area (Å²) in [5.41, 5.74) is 0.870. The standard InChI is InChI=1S/C18H13N3OS3/c1-23-13-6-4-12(5-7-13)11-15-17(22)21-18(25-15)19-16(20-21)9-8-14-3-2-10-24-14/h2-11H,1H3. The van der Waals surface area contributed by atoms with Crippen LogP contribution < -0.4 is 10.1 Å². The molecule has 0 unspecified atom stereocenters. The van der Waals surface area contributed by atoms with Crippen LogP contribution in [0.15, 0.2) is 51.5 Å². The van der Waals surface area contributed by atoms with Crippen LogP contribution in [0.5, 0.6) is 0 Å². The van der Waals surface area contributed by atoms with Gasteiger partial charge in [-0.2, -0.15) is 9.50 Å². The van der Waals surface area contributed by atoms with Crippen molar-refractivity contribution in [3.05, 3.63) is 72.9 Å². The Balaban J connectivity index is 1.67. The molecule has 0 amide bonds. The van der Waals surface area contributed by atoms with Crippen molar-refractivity contribution in [2.24, 2.45) is 0 Å². The van der Waals surface area contributed by atoms with E-state index >= 15 is 0 Å². The summed E-state index contributed by atoms with van der Waals surface area (Å²) in [4.78, 5) is 19.9. The second-order valence-corrected chi connectivity index (χ2v) is 8.07. The van der Waals surface area contributed by atoms with E-state index in [-0.39, 0.29) is 5.56 Å². The van der Waals surface area contributed by atoms with Gasteiger partial charge in [-0.25, -0.2) is 0 Å². The van der Waals surface area contributed by atoms with Crippen LogP contribution in [0.25, 0.3) is 23.2 Å². The van der Waals surface area contributed by atoms with Crippen molar-refractivity contribution >= 4 is 57.6 Å². The number of rotatable bonds is 4. The smallest absolute Gasteiger partial charge is 0.266 e. The Hall–Kier alpha value is -2.22. The second-order valence-electron chi connectivity index (χ2n) is 5.20. The number of nitrogens with zero attached hydrogens (tertiary/aromatic N) is 3. The lowest BCUT2D eigenvalue weighted by molar-refractivity contribution is 0.925. The molecule has 4 rings (SSSR count). The van der Waals surface area contributed by atoms with Gasteiger partial charge in [0.15, 0.2) is 5.82 Å². The van der Waals surface area contributed by atoms with E-state index in [1.807, 2.05) is 66.3 Å². The van der Waals surface area contributed by atoms with Crippen LogP contribution in [-0.4, -0.2) is 20.9 Å². The van der Waals surface area contributed by atoms with Gasteiger partial charge in [0, 0.05) is 9.77 Å². The number of thiophene rings is 1. The van der Waals surface area contributed by atoms with E-state index in [9.17, 15) is 4.79 Å². The van der Waals surface area contributed by atoms with Gasteiger partial charge in [-0.3, -0.25) is 4.79 Å². The van der Waals surface area contributed by atoms with Crippen molar-refractivity contribution in [3.8, 4) is 0 Å². The van der Waals surface area contributed by atoms with Gasteiger partial charge < -0.3 is 0 Å². The number of thioether (sulfide) groups is 1. The fourth-order valence-electron chi connectivity index (χ4n) is 2.31. The van der Waals surface area contributed by atoms with Gasteiger partial charge in [-0.15, -0.1) is 28.2 Å². The lowest BCUT2D eigenvalue weighted by Gasteiger charge is -1.95. The number of benzene rings is 1. The molecule has 0 aliphatic heterocycles. The van der Waals surface area contributed by atoms with E-state index in [1.165, 1.54) is 20.7 Å². The van der Waals surface area contributed by atoms with Crippen molar-refractivity contribution in [3.63, 3.8) is 0 Å². The summed E-state index contributed by atoms with van der Waals surface area (Å²) >= 11 is 4.70. The van der Waals surface area contributed by atoms with Crippen LogP contribution >= 0.6 is 34.4 Å². The molecule has 4 nitrogen and oxygen atoms in total. The molecule has 4 aromatic rings. The molecule has 0 atom stereocenters. The van der Waals surface area contributed by atoms with Crippen molar-refractivity contribution in [1.29, 1.82) is 0 Å². The van der Waals surface area contributed by atoms with E-state index in [0.717, 1.165) is 10.4 Å². The number of fused-ring (bicyclic) bond motifs is 1. The predicted molar refractivity (Wildman–Crippen MR) is 107 cm³/mol. The molecule has 0 aliphatic rings. The first-order chi connectivity index (χ1) is 12.2. The molecule has 1 aromatic carbocycles. The molecule has 0 fully saturated rings. The molecule has 3 heterocycles. The van der Waals surface area contributed by atoms with Crippen LogP contribution in [0.3, 0.4) is 0 Å². The average molecular weight is 384 g/mol. The summed E-state index contributed by atoms with van der Waals surface area (Å²) in [6.07, 6.45) is 7.71. The fraction of sp³-hybridized carbons (Fsp3) is 0.0556. The quantitative estimate of drug-likeness (QED) is 0.505. The van der Waals surface area contributed by atoms with Gasteiger partial charge in [0.05, 0.1) is 4.53 Å². The SMILES string of the molecule is CSc1ccc(C=c2sc3nc(C=Cc4cccs4)nn3c2=O)cc1. The zero-order valence-corrected chi connectivity index (χ0v) is 15.7. The van der Waals surface area contributed by atoms with Crippen LogP contribution in [0, 0.1) is 0 Å². The number of hydrogen-bond acceptors (Lipinski definition) is 6. The van der Waals surface area contributed by atoms with E-state index in [1.54, 1.807) is 23.1 Å². The number of aromatic nitrogens is 3. The molecule has 3 aromatic heterocycles. The van der Waals surface area contributed by atoms with Crippen molar-refractivity contribution in [2.45, 2.75) is 4.90 Å². The normalized spacial score (nSPS) is 12.6. The lowest BCUT2D eigenvalue weighted by atomic mass is 10.2. The van der Waals surface area contributed by atoms with E-state index in [2.05, 4.69) is 10.1 Å². The Morgan fingerprint density at radius 1 is 1.16 bits per heavy atom. The van der Waals surface area contributed by atoms with E-state index in [0.29, 0.717) is 15.3 Å². The Kier molecular flexibility index (Phi) is 4.52. The summed E-state index contributed by atoms with van der Waals surface area (Å²) < 4.78 is 2.02. The highest BCUT2D eigenvalue weighted by atomic mass is 32.2. The monoisotopic (exact) mass is 383 g/mol. The summed E-state index contributed by atoms with van der Waals surface area (Å²) in [6, 6.07) is 12.1. The zero-order chi connectivity index (χ0) is 17.2. The van der Waals surface area contributed by atoms with Crippen molar-refractivity contribution in [2.75, 3.05) is 6.26 Å². The number of hydrogen-bond donors (Lipinski definition) is 0. The molecular formula is C18H13N3OS3. The maximum atomic E-state index is 12.5. The van der Waals surface area contributed by atoms with Crippen molar-refractivity contribution < 1.29 is 0 Å². The number of thiazole rings is 1. The largest absolute Gasteiger partial charge is 0.291 e. The molecule has 0 aliphatic carbocycles. The highest BCUT2D eigenvalue weighted by Crippen LogP contribution is 2.15. The van der Waals surface area contributed by atoms with Gasteiger partial charge >= 0.3 is 0 Å². The third-order valence-corrected chi connectivity index (χ3v) is 6.09. The van der Waals surface area contributed by atoms with Gasteiger partial charge in [-0.05, 0) is 53.6 Å². The Morgan fingerprint density at radius 3 is 2.68 bits per heavy atom. The third kappa shape index (κ3) is 3.44. The van der Waals surface area contributed by atoms with Gasteiger partial charge in [0.2, 0.25) is 4.96 Å². The molecule has 0 spiro atoms. The molecule has 0 saturated heterocycles. The summed E-state index contributed by atoms with van der Waals surface area (Å²) in [5.74, 6) is 0.549. The molecule has 0 radical (unpaired) electrons. The predicted octanol–water partition coefficient (Wildman–Crippen LogP) is 3.65. The average Bonchev–Trinajstić information content (AvgIpc) is 3.34. The third-order valence-electron chi connectivity index (χ3n) is 3.55. The van der Waals surface area contributed by atoms with Gasteiger partial charge in [-0.1, -0.05) is 29.5 Å². The highest BCUT2D eigenvalue weighted by molar-refractivity contribution is 7.98. The zero-order valence-electron chi connectivity index (χ0n) is 13.2. The second kappa shape index (κ2) is 6.95. The van der Waals surface area contributed by atoms with E-state index < -0.39 is 0 Å². The minimum Gasteiger partial charge on any atom is -0.266 e. The maximum absolute atomic E-state index is 12.5. The molecule has 0 bridgehead atoms. The summed E-state index contributed by atoms with van der Waals surface area (Å²) in [7, 11) is 0. The first-order valence-electron chi connectivity index (χ1n) is 7.50. The molecule has 0 N–H and O–H groups in total. The molecular weight excluding hydrogens is 370 g/mol. The van der Waals surface area contributed by atoms with Crippen molar-refractivity contribution in [1.82, 2.24) is 14.6 Å². The molecule has 124 valence electrons. The molecule has 25 heavy (non-hydrogen) atoms. The topological polar surface area (TPSA) is 47.3 Å². The Labute approximate surface area is 156 Å². The van der Waals surface area contributed by atoms with Crippen LogP contribution in [-0.2, 0) is 0 Å². The first-order valence-corrected chi connectivity index (χ1v) is 10.4. The summed E-state index contributed by atoms with van der Waals surface area (Å²) in [5, 5.41) is 6.32. The van der Waals surface area contributed by atoms with Crippen LogP contribution in [0.4, 0.5) is 0 Å². The van der Waals surface area contributed by atoms with Gasteiger partial charge in [0.25, 0.3) is 5.56 Å². The Morgan fingerprint density at radius 2 is 2.00 bits per heavy atom. The van der Waals surface area contributed by atoms with Gasteiger partial charge in [0.1, 0.15) is 0 Å². The molecule has 7 heteroatoms. The van der Waals surface area contributed by atoms with Crippen LogP contribution in [0.2, 0.25) is 0 Å². The minimum absolute atomic E-state index is 0.128. The lowest BCUT2D eigenvalue weighted by Crippen LogP contribution is -2.23. The highest BCUT2D eigenvalue weighted by Gasteiger charge is 2.08. The molecule has 0 saturated carbocycles. The summed E-state index contributed by atoms with van der Waals surface area (Å²) in [6.45, 7) is 0. The minimum atomic E-state index is -0.128. The Bertz CT molecular complexity index is 1140. The van der Waals surface area contributed by atoms with Crippen LogP contribution in [0.1, 0.15) is 16.3 Å².